The zero-order valence-electron chi connectivity index (χ0n) is 9.41. The number of carbonyl (C=O) groups excluding carboxylic acids is 1. The molecule has 0 saturated carbocycles. The van der Waals surface area contributed by atoms with Gasteiger partial charge in [0.2, 0.25) is 0 Å². The number of hydrogen-bond acceptors (Lipinski definition) is 3. The van der Waals surface area contributed by atoms with Crippen LogP contribution in [0.3, 0.4) is 0 Å². The van der Waals surface area contributed by atoms with Crippen molar-refractivity contribution in [1.82, 2.24) is 14.8 Å². The predicted molar refractivity (Wildman–Crippen MR) is 65.1 cm³/mol. The monoisotopic (exact) mass is 227 g/mol. The molecule has 0 bridgehead atoms. The molecule has 0 aliphatic rings. The van der Waals surface area contributed by atoms with Gasteiger partial charge in [-0.1, -0.05) is 36.9 Å². The number of rotatable bonds is 5. The highest BCUT2D eigenvalue weighted by molar-refractivity contribution is 6.13. The lowest BCUT2D eigenvalue weighted by molar-refractivity contribution is -0.114. The Balaban J connectivity index is 1.92. The van der Waals surface area contributed by atoms with E-state index in [1.165, 1.54) is 17.3 Å². The number of hydrogen-bond donors (Lipinski definition) is 0. The predicted octanol–water partition coefficient (Wildman–Crippen LogP) is 1.95. The summed E-state index contributed by atoms with van der Waals surface area (Å²) in [5, 5.41) is 3.88. The van der Waals surface area contributed by atoms with E-state index in [-0.39, 0.29) is 5.78 Å². The first kappa shape index (κ1) is 11.3. The van der Waals surface area contributed by atoms with Crippen LogP contribution in [0.25, 0.3) is 5.70 Å². The summed E-state index contributed by atoms with van der Waals surface area (Å²) in [6, 6.07) is 9.90. The van der Waals surface area contributed by atoms with Crippen molar-refractivity contribution in [3.8, 4) is 0 Å². The fourth-order valence-corrected chi connectivity index (χ4v) is 1.52. The molecule has 0 fully saturated rings. The number of nitrogens with zero attached hydrogens (tertiary/aromatic N) is 3. The summed E-state index contributed by atoms with van der Waals surface area (Å²) in [5.41, 5.74) is 1.51. The van der Waals surface area contributed by atoms with E-state index in [1.807, 2.05) is 30.3 Å². The van der Waals surface area contributed by atoms with Crippen LogP contribution in [-0.2, 0) is 11.2 Å². The summed E-state index contributed by atoms with van der Waals surface area (Å²) in [5.74, 6) is -0.0145. The van der Waals surface area contributed by atoms with Crippen molar-refractivity contribution in [2.75, 3.05) is 0 Å². The van der Waals surface area contributed by atoms with Crippen molar-refractivity contribution in [3.63, 3.8) is 0 Å². The van der Waals surface area contributed by atoms with Crippen LogP contribution in [0.5, 0.6) is 0 Å². The third-order valence-electron chi connectivity index (χ3n) is 2.50. The molecule has 17 heavy (non-hydrogen) atoms. The van der Waals surface area contributed by atoms with E-state index in [0.717, 1.165) is 5.56 Å². The quantitative estimate of drug-likeness (QED) is 0.733. The van der Waals surface area contributed by atoms with Gasteiger partial charge in [0.25, 0.3) is 0 Å². The SMILES string of the molecule is C=C(C(=O)CCc1ccccc1)n1cncn1. The zero-order valence-corrected chi connectivity index (χ0v) is 9.41. The van der Waals surface area contributed by atoms with Gasteiger partial charge in [-0.2, -0.15) is 5.10 Å². The van der Waals surface area contributed by atoms with Gasteiger partial charge in [0.05, 0.1) is 0 Å². The van der Waals surface area contributed by atoms with Gasteiger partial charge < -0.3 is 0 Å². The first-order valence-electron chi connectivity index (χ1n) is 5.38. The number of carbonyl (C=O) groups is 1. The van der Waals surface area contributed by atoms with Gasteiger partial charge in [0, 0.05) is 6.42 Å². The average Bonchev–Trinajstić information content (AvgIpc) is 2.90. The Bertz CT molecular complexity index is 503. The molecule has 1 aromatic heterocycles. The Hall–Kier alpha value is -2.23. The van der Waals surface area contributed by atoms with Crippen LogP contribution in [-0.4, -0.2) is 20.5 Å². The van der Waals surface area contributed by atoms with Gasteiger partial charge in [-0.15, -0.1) is 0 Å². The molecule has 2 rings (SSSR count). The second-order valence-electron chi connectivity index (χ2n) is 3.70. The van der Waals surface area contributed by atoms with Crippen LogP contribution in [0.15, 0.2) is 49.6 Å². The minimum absolute atomic E-state index is 0.0145. The highest BCUT2D eigenvalue weighted by Gasteiger charge is 2.09. The molecule has 0 aliphatic heterocycles. The van der Waals surface area contributed by atoms with Crippen LogP contribution >= 0.6 is 0 Å². The molecule has 1 heterocycles. The molecular weight excluding hydrogens is 214 g/mol. The first-order valence-corrected chi connectivity index (χ1v) is 5.38. The molecule has 0 aliphatic carbocycles. The molecule has 4 nitrogen and oxygen atoms in total. The van der Waals surface area contributed by atoms with Crippen molar-refractivity contribution in [3.05, 3.63) is 55.1 Å². The lowest BCUT2D eigenvalue weighted by atomic mass is 10.1. The zero-order chi connectivity index (χ0) is 12.1. The molecule has 0 atom stereocenters. The van der Waals surface area contributed by atoms with Gasteiger partial charge in [-0.25, -0.2) is 9.67 Å². The summed E-state index contributed by atoms with van der Waals surface area (Å²) in [7, 11) is 0. The van der Waals surface area contributed by atoms with E-state index in [1.54, 1.807) is 0 Å². The Morgan fingerprint density at radius 3 is 2.71 bits per heavy atom. The van der Waals surface area contributed by atoms with Crippen LogP contribution in [0.2, 0.25) is 0 Å². The Kier molecular flexibility index (Phi) is 3.45. The van der Waals surface area contributed by atoms with Crippen LogP contribution < -0.4 is 0 Å². The fourth-order valence-electron chi connectivity index (χ4n) is 1.52. The van der Waals surface area contributed by atoms with Crippen molar-refractivity contribution < 1.29 is 4.79 Å². The molecule has 4 heteroatoms. The lowest BCUT2D eigenvalue weighted by Gasteiger charge is -2.04. The third kappa shape index (κ3) is 2.87. The number of Topliss-reactive ketones (excluding diaryl/α,β-unsaturated/α-hetero) is 1. The molecule has 0 radical (unpaired) electrons. The molecule has 0 spiro atoms. The van der Waals surface area contributed by atoms with Crippen molar-refractivity contribution >= 4 is 11.5 Å². The maximum absolute atomic E-state index is 11.8. The van der Waals surface area contributed by atoms with Crippen molar-refractivity contribution in [2.45, 2.75) is 12.8 Å². The number of aromatic nitrogens is 3. The summed E-state index contributed by atoms with van der Waals surface area (Å²) < 4.78 is 1.40. The Morgan fingerprint density at radius 1 is 1.29 bits per heavy atom. The normalized spacial score (nSPS) is 10.1. The molecule has 0 saturated heterocycles. The fraction of sp³-hybridized carbons (Fsp3) is 0.154. The second kappa shape index (κ2) is 5.21. The van der Waals surface area contributed by atoms with E-state index in [2.05, 4.69) is 16.7 Å². The van der Waals surface area contributed by atoms with Gasteiger partial charge in [-0.05, 0) is 12.0 Å². The van der Waals surface area contributed by atoms with Crippen molar-refractivity contribution in [1.29, 1.82) is 0 Å². The molecule has 1 aromatic carbocycles. The lowest BCUT2D eigenvalue weighted by Crippen LogP contribution is -2.09. The Labute approximate surface area is 99.6 Å². The number of benzene rings is 1. The summed E-state index contributed by atoms with van der Waals surface area (Å²) >= 11 is 0. The highest BCUT2D eigenvalue weighted by atomic mass is 16.1. The van der Waals surface area contributed by atoms with E-state index in [0.29, 0.717) is 18.5 Å². The van der Waals surface area contributed by atoms with Crippen LogP contribution in [0.4, 0.5) is 0 Å². The number of ketones is 1. The van der Waals surface area contributed by atoms with Gasteiger partial charge >= 0.3 is 0 Å². The summed E-state index contributed by atoms with van der Waals surface area (Å²) in [4.78, 5) is 15.6. The summed E-state index contributed by atoms with van der Waals surface area (Å²) in [6.07, 6.45) is 4.01. The Morgan fingerprint density at radius 2 is 2.06 bits per heavy atom. The number of allylic oxidation sites excluding steroid dienone is 1. The van der Waals surface area contributed by atoms with E-state index < -0.39 is 0 Å². The van der Waals surface area contributed by atoms with Gasteiger partial charge in [0.15, 0.2) is 5.78 Å². The largest absolute Gasteiger partial charge is 0.292 e. The molecule has 0 unspecified atom stereocenters. The van der Waals surface area contributed by atoms with Crippen molar-refractivity contribution in [2.24, 2.45) is 0 Å². The maximum Gasteiger partial charge on any atom is 0.181 e. The summed E-state index contributed by atoms with van der Waals surface area (Å²) in [6.45, 7) is 3.72. The smallest absolute Gasteiger partial charge is 0.181 e. The standard InChI is InChI=1S/C13H13N3O/c1-11(16-10-14-9-15-16)13(17)8-7-12-5-3-2-4-6-12/h2-6,9-10H,1,7-8H2. The minimum atomic E-state index is -0.0145. The molecule has 86 valence electrons. The molecule has 0 N–H and O–H groups in total. The van der Waals surface area contributed by atoms with Crippen LogP contribution in [0, 0.1) is 0 Å². The molecular formula is C13H13N3O. The second-order valence-corrected chi connectivity index (χ2v) is 3.70. The first-order chi connectivity index (χ1) is 8.27. The van der Waals surface area contributed by atoms with E-state index >= 15 is 0 Å². The maximum atomic E-state index is 11.8. The van der Waals surface area contributed by atoms with Gasteiger partial charge in [-0.3, -0.25) is 4.79 Å². The molecule has 2 aromatic rings. The highest BCUT2D eigenvalue weighted by Crippen LogP contribution is 2.08. The van der Waals surface area contributed by atoms with Crippen LogP contribution in [0.1, 0.15) is 12.0 Å². The third-order valence-corrected chi connectivity index (χ3v) is 2.50. The number of aryl methyl sites for hydroxylation is 1. The minimum Gasteiger partial charge on any atom is -0.292 e. The average molecular weight is 227 g/mol. The van der Waals surface area contributed by atoms with Gasteiger partial charge in [0.1, 0.15) is 18.4 Å². The molecule has 0 amide bonds. The van der Waals surface area contributed by atoms with E-state index in [4.69, 9.17) is 0 Å². The topological polar surface area (TPSA) is 47.8 Å². The van der Waals surface area contributed by atoms with E-state index in [9.17, 15) is 4.79 Å².